The Labute approximate surface area is 144 Å². The Bertz CT molecular complexity index is 462. The van der Waals surface area contributed by atoms with E-state index in [1.807, 2.05) is 0 Å². The molecule has 138 valence electrons. The number of aliphatic carboxylic acids is 2. The van der Waals surface area contributed by atoms with Crippen molar-refractivity contribution in [2.24, 2.45) is 11.5 Å². The molecule has 0 unspecified atom stereocenters. The second-order valence-corrected chi connectivity index (χ2v) is 5.50. The van der Waals surface area contributed by atoms with E-state index < -0.39 is 48.3 Å². The van der Waals surface area contributed by atoms with Crippen molar-refractivity contribution in [2.45, 2.75) is 43.8 Å². The van der Waals surface area contributed by atoms with Gasteiger partial charge in [0.1, 0.15) is 12.1 Å². The highest BCUT2D eigenvalue weighted by Gasteiger charge is 2.27. The first-order valence-electron chi connectivity index (χ1n) is 7.34. The molecule has 0 aliphatic heterocycles. The van der Waals surface area contributed by atoms with Gasteiger partial charge in [0.15, 0.2) is 0 Å². The molecule has 3 atom stereocenters. The lowest BCUT2D eigenvalue weighted by Gasteiger charge is -2.22. The van der Waals surface area contributed by atoms with Crippen LogP contribution in [0.5, 0.6) is 0 Å². The van der Waals surface area contributed by atoms with Gasteiger partial charge in [0, 0.05) is 5.75 Å². The number of carboxylic acids is 2. The lowest BCUT2D eigenvalue weighted by atomic mass is 10.1. The van der Waals surface area contributed by atoms with Crippen LogP contribution < -0.4 is 22.1 Å². The van der Waals surface area contributed by atoms with Gasteiger partial charge < -0.3 is 32.3 Å². The highest BCUT2D eigenvalue weighted by atomic mass is 32.1. The largest absolute Gasteiger partial charge is 0.481 e. The molecule has 10 nitrogen and oxygen atoms in total. The van der Waals surface area contributed by atoms with Gasteiger partial charge in [-0.2, -0.15) is 12.6 Å². The van der Waals surface area contributed by atoms with Crippen molar-refractivity contribution in [1.82, 2.24) is 10.6 Å². The lowest BCUT2D eigenvalue weighted by Crippen LogP contribution is -2.55. The molecule has 0 saturated heterocycles. The molecule has 0 spiro atoms. The highest BCUT2D eigenvalue weighted by molar-refractivity contribution is 7.80. The molecule has 0 fully saturated rings. The summed E-state index contributed by atoms with van der Waals surface area (Å²) in [5.41, 5.74) is 10.8. The van der Waals surface area contributed by atoms with Gasteiger partial charge in [-0.05, 0) is 25.8 Å². The number of carboxylic acid groups (broad SMARTS) is 2. The summed E-state index contributed by atoms with van der Waals surface area (Å²) in [5.74, 6) is -4.13. The first-order chi connectivity index (χ1) is 11.2. The van der Waals surface area contributed by atoms with Crippen molar-refractivity contribution >= 4 is 36.4 Å². The van der Waals surface area contributed by atoms with Crippen LogP contribution in [0.15, 0.2) is 0 Å². The van der Waals surface area contributed by atoms with Crippen LogP contribution in [0.1, 0.15) is 25.7 Å². The van der Waals surface area contributed by atoms with Crippen molar-refractivity contribution in [3.8, 4) is 0 Å². The van der Waals surface area contributed by atoms with Crippen LogP contribution >= 0.6 is 12.6 Å². The first-order valence-corrected chi connectivity index (χ1v) is 7.98. The predicted molar refractivity (Wildman–Crippen MR) is 88.5 cm³/mol. The molecule has 2 amide bonds. The first kappa shape index (κ1) is 22.1. The standard InChI is InChI=1S/C13H24N4O6S/c14-4-2-1-3-8(12(21)17-9(6-24)13(22)23)16-11(20)7(15)5-10(18)19/h7-9,24H,1-6,14-15H2,(H,16,20)(H,17,21)(H,18,19)(H,22,23)/t7-,8-,9-/m0/s1. The second-order valence-electron chi connectivity index (χ2n) is 5.13. The lowest BCUT2D eigenvalue weighted by molar-refractivity contribution is -0.142. The molecule has 0 aliphatic carbocycles. The minimum atomic E-state index is -1.31. The zero-order valence-electron chi connectivity index (χ0n) is 13.1. The van der Waals surface area contributed by atoms with Crippen molar-refractivity contribution in [3.05, 3.63) is 0 Å². The number of carbonyl (C=O) groups is 4. The molecule has 8 N–H and O–H groups in total. The van der Waals surface area contributed by atoms with Crippen LogP contribution in [0.25, 0.3) is 0 Å². The van der Waals surface area contributed by atoms with E-state index in [0.29, 0.717) is 19.4 Å². The number of unbranched alkanes of at least 4 members (excludes halogenated alkanes) is 1. The predicted octanol–water partition coefficient (Wildman–Crippen LogP) is -2.10. The topological polar surface area (TPSA) is 185 Å². The normalized spacial score (nSPS) is 14.3. The summed E-state index contributed by atoms with van der Waals surface area (Å²) in [6, 6.07) is -3.56. The van der Waals surface area contributed by atoms with Crippen LogP contribution in [0.4, 0.5) is 0 Å². The number of nitrogens with two attached hydrogens (primary N) is 2. The summed E-state index contributed by atoms with van der Waals surface area (Å²) in [7, 11) is 0. The third kappa shape index (κ3) is 8.70. The van der Waals surface area contributed by atoms with E-state index in [-0.39, 0.29) is 12.2 Å². The number of thiol groups is 1. The molecule has 11 heteroatoms. The quantitative estimate of drug-likeness (QED) is 0.152. The van der Waals surface area contributed by atoms with E-state index in [0.717, 1.165) is 0 Å². The van der Waals surface area contributed by atoms with Crippen molar-refractivity contribution in [1.29, 1.82) is 0 Å². The summed E-state index contributed by atoms with van der Waals surface area (Å²) in [6.45, 7) is 0.398. The van der Waals surface area contributed by atoms with Gasteiger partial charge in [-0.3, -0.25) is 14.4 Å². The Hall–Kier alpha value is -1.85. The third-order valence-corrected chi connectivity index (χ3v) is 3.47. The summed E-state index contributed by atoms with van der Waals surface area (Å²) >= 11 is 3.84. The Morgan fingerprint density at radius 2 is 1.58 bits per heavy atom. The van der Waals surface area contributed by atoms with E-state index in [1.54, 1.807) is 0 Å². The summed E-state index contributed by atoms with van der Waals surface area (Å²) in [4.78, 5) is 45.6. The smallest absolute Gasteiger partial charge is 0.327 e. The fourth-order valence-electron chi connectivity index (χ4n) is 1.78. The van der Waals surface area contributed by atoms with E-state index in [2.05, 4.69) is 23.3 Å². The second kappa shape index (κ2) is 11.6. The Morgan fingerprint density at radius 3 is 2.04 bits per heavy atom. The van der Waals surface area contributed by atoms with Crippen molar-refractivity contribution in [3.63, 3.8) is 0 Å². The number of hydrogen-bond donors (Lipinski definition) is 7. The minimum absolute atomic E-state index is 0.122. The van der Waals surface area contributed by atoms with E-state index in [9.17, 15) is 19.2 Å². The van der Waals surface area contributed by atoms with Crippen molar-refractivity contribution < 1.29 is 29.4 Å². The van der Waals surface area contributed by atoms with Crippen LogP contribution in [-0.2, 0) is 19.2 Å². The fourth-order valence-corrected chi connectivity index (χ4v) is 2.03. The van der Waals surface area contributed by atoms with Crippen LogP contribution in [0.2, 0.25) is 0 Å². The van der Waals surface area contributed by atoms with Gasteiger partial charge in [0.2, 0.25) is 11.8 Å². The maximum atomic E-state index is 12.2. The molecule has 0 aromatic rings. The Morgan fingerprint density at radius 1 is 1.00 bits per heavy atom. The van der Waals surface area contributed by atoms with Crippen LogP contribution in [0, 0.1) is 0 Å². The molecule has 0 aliphatic rings. The number of nitrogens with one attached hydrogen (secondary N) is 2. The average Bonchev–Trinajstić information content (AvgIpc) is 2.50. The molecule has 0 bridgehead atoms. The van der Waals surface area contributed by atoms with Crippen LogP contribution in [-0.4, -0.2) is 64.4 Å². The number of amides is 2. The molecule has 0 rings (SSSR count). The van der Waals surface area contributed by atoms with E-state index >= 15 is 0 Å². The zero-order chi connectivity index (χ0) is 18.7. The summed E-state index contributed by atoms with van der Waals surface area (Å²) < 4.78 is 0. The number of hydrogen-bond acceptors (Lipinski definition) is 7. The van der Waals surface area contributed by atoms with E-state index in [4.69, 9.17) is 21.7 Å². The zero-order valence-corrected chi connectivity index (χ0v) is 14.0. The average molecular weight is 364 g/mol. The van der Waals surface area contributed by atoms with Crippen molar-refractivity contribution in [2.75, 3.05) is 12.3 Å². The maximum Gasteiger partial charge on any atom is 0.327 e. The van der Waals surface area contributed by atoms with Gasteiger partial charge >= 0.3 is 11.9 Å². The van der Waals surface area contributed by atoms with Crippen LogP contribution in [0.3, 0.4) is 0 Å². The maximum absolute atomic E-state index is 12.2. The number of rotatable bonds is 12. The van der Waals surface area contributed by atoms with Gasteiger partial charge in [0.25, 0.3) is 0 Å². The third-order valence-electron chi connectivity index (χ3n) is 3.11. The molecule has 0 aromatic carbocycles. The molecule has 0 saturated carbocycles. The van der Waals surface area contributed by atoms with Gasteiger partial charge in [0.05, 0.1) is 12.5 Å². The molecule has 24 heavy (non-hydrogen) atoms. The molecular formula is C13H24N4O6S. The van der Waals surface area contributed by atoms with E-state index in [1.165, 1.54) is 0 Å². The SMILES string of the molecule is NCCCC[C@H](NC(=O)[C@@H](N)CC(=O)O)C(=O)N[C@@H](CS)C(=O)O. The Balaban J connectivity index is 4.88. The summed E-state index contributed by atoms with van der Waals surface area (Å²) in [5, 5.41) is 22.2. The number of carbonyl (C=O) groups excluding carboxylic acids is 2. The minimum Gasteiger partial charge on any atom is -0.481 e. The van der Waals surface area contributed by atoms with Gasteiger partial charge in [-0.25, -0.2) is 4.79 Å². The fraction of sp³-hybridized carbons (Fsp3) is 0.692. The molecule has 0 aromatic heterocycles. The highest BCUT2D eigenvalue weighted by Crippen LogP contribution is 2.03. The Kier molecular flexibility index (Phi) is 10.8. The monoisotopic (exact) mass is 364 g/mol. The van der Waals surface area contributed by atoms with Gasteiger partial charge in [-0.1, -0.05) is 0 Å². The summed E-state index contributed by atoms with van der Waals surface area (Å²) in [6.07, 6.45) is 0.752. The molecule has 0 radical (unpaired) electrons. The molecule has 0 heterocycles. The van der Waals surface area contributed by atoms with Gasteiger partial charge in [-0.15, -0.1) is 0 Å². The molecular weight excluding hydrogens is 340 g/mol.